The molecule has 2 aromatic rings. The third kappa shape index (κ3) is 4.97. The van der Waals surface area contributed by atoms with Crippen molar-refractivity contribution in [3.8, 4) is 0 Å². The van der Waals surface area contributed by atoms with Crippen molar-refractivity contribution in [2.45, 2.75) is 13.0 Å². The number of hydrogen-bond acceptors (Lipinski definition) is 5. The largest absolute Gasteiger partial charge is 0.465 e. The number of morpholine rings is 1. The molecule has 0 bridgehead atoms. The maximum atomic E-state index is 12.6. The molecule has 1 amide bonds. The Bertz CT molecular complexity index is 814. The highest BCUT2D eigenvalue weighted by Crippen LogP contribution is 2.22. The monoisotopic (exact) mass is 382 g/mol. The van der Waals surface area contributed by atoms with E-state index in [2.05, 4.69) is 40.1 Å². The molecule has 6 heteroatoms. The van der Waals surface area contributed by atoms with Gasteiger partial charge in [0, 0.05) is 25.2 Å². The van der Waals surface area contributed by atoms with Crippen molar-refractivity contribution in [1.82, 2.24) is 10.2 Å². The Morgan fingerprint density at radius 2 is 1.79 bits per heavy atom. The van der Waals surface area contributed by atoms with E-state index in [1.807, 2.05) is 6.07 Å². The zero-order chi connectivity index (χ0) is 19.9. The van der Waals surface area contributed by atoms with Gasteiger partial charge in [-0.3, -0.25) is 9.69 Å². The predicted molar refractivity (Wildman–Crippen MR) is 106 cm³/mol. The van der Waals surface area contributed by atoms with Crippen LogP contribution in [0.25, 0.3) is 0 Å². The summed E-state index contributed by atoms with van der Waals surface area (Å²) in [6.07, 6.45) is 0. The second-order valence-corrected chi connectivity index (χ2v) is 6.86. The highest BCUT2D eigenvalue weighted by atomic mass is 16.5. The van der Waals surface area contributed by atoms with Crippen LogP contribution in [0, 0.1) is 6.92 Å². The van der Waals surface area contributed by atoms with Gasteiger partial charge in [-0.05, 0) is 36.8 Å². The Hall–Kier alpha value is -2.70. The fourth-order valence-electron chi connectivity index (χ4n) is 3.39. The molecule has 1 heterocycles. The minimum Gasteiger partial charge on any atom is -0.465 e. The summed E-state index contributed by atoms with van der Waals surface area (Å²) in [4.78, 5) is 26.5. The number of benzene rings is 2. The van der Waals surface area contributed by atoms with Crippen molar-refractivity contribution in [2.75, 3.05) is 40.0 Å². The maximum Gasteiger partial charge on any atom is 0.337 e. The van der Waals surface area contributed by atoms with Crippen molar-refractivity contribution in [3.63, 3.8) is 0 Å². The first kappa shape index (κ1) is 20.0. The van der Waals surface area contributed by atoms with E-state index in [1.165, 1.54) is 18.2 Å². The average Bonchev–Trinajstić information content (AvgIpc) is 2.74. The molecule has 1 saturated heterocycles. The molecule has 6 nitrogen and oxygen atoms in total. The second-order valence-electron chi connectivity index (χ2n) is 6.86. The molecule has 1 aliphatic rings. The number of aryl methyl sites for hydroxylation is 1. The van der Waals surface area contributed by atoms with Crippen LogP contribution in [-0.4, -0.2) is 56.7 Å². The van der Waals surface area contributed by atoms with Crippen molar-refractivity contribution in [2.24, 2.45) is 0 Å². The molecule has 2 aromatic carbocycles. The number of carbonyl (C=O) groups is 2. The lowest BCUT2D eigenvalue weighted by Gasteiger charge is -2.35. The van der Waals surface area contributed by atoms with E-state index >= 15 is 0 Å². The summed E-state index contributed by atoms with van der Waals surface area (Å²) in [5.41, 5.74) is 3.31. The van der Waals surface area contributed by atoms with Gasteiger partial charge in [-0.2, -0.15) is 0 Å². The smallest absolute Gasteiger partial charge is 0.337 e. The number of carbonyl (C=O) groups excluding carboxylic acids is 2. The van der Waals surface area contributed by atoms with Crippen LogP contribution in [0.15, 0.2) is 48.5 Å². The summed E-state index contributed by atoms with van der Waals surface area (Å²) >= 11 is 0. The number of rotatable bonds is 6. The van der Waals surface area contributed by atoms with E-state index in [0.717, 1.165) is 13.1 Å². The molecule has 0 aromatic heterocycles. The van der Waals surface area contributed by atoms with Gasteiger partial charge in [0.1, 0.15) is 0 Å². The van der Waals surface area contributed by atoms with Crippen molar-refractivity contribution >= 4 is 11.9 Å². The summed E-state index contributed by atoms with van der Waals surface area (Å²) < 4.78 is 10.2. The van der Waals surface area contributed by atoms with E-state index in [9.17, 15) is 9.59 Å². The minimum atomic E-state index is -0.418. The molecule has 0 saturated carbocycles. The first-order valence-electron chi connectivity index (χ1n) is 9.43. The lowest BCUT2D eigenvalue weighted by molar-refractivity contribution is 0.0162. The van der Waals surface area contributed by atoms with Crippen LogP contribution in [0.1, 0.15) is 37.9 Å². The normalized spacial score (nSPS) is 15.6. The summed E-state index contributed by atoms with van der Waals surface area (Å²) in [5.74, 6) is -0.582. The molecule has 0 radical (unpaired) electrons. The Kier molecular flexibility index (Phi) is 6.79. The third-order valence-corrected chi connectivity index (χ3v) is 4.94. The molecule has 148 valence electrons. The number of nitrogens with zero attached hydrogens (tertiary/aromatic N) is 1. The fourth-order valence-corrected chi connectivity index (χ4v) is 3.39. The summed E-state index contributed by atoms with van der Waals surface area (Å²) in [7, 11) is 1.33. The molecule has 1 atom stereocenters. The molecule has 28 heavy (non-hydrogen) atoms. The lowest BCUT2D eigenvalue weighted by Crippen LogP contribution is -2.43. The van der Waals surface area contributed by atoms with Gasteiger partial charge < -0.3 is 14.8 Å². The van der Waals surface area contributed by atoms with Gasteiger partial charge >= 0.3 is 5.97 Å². The minimum absolute atomic E-state index is 0.0853. The molecule has 1 N–H and O–H groups in total. The van der Waals surface area contributed by atoms with Crippen molar-refractivity contribution in [3.05, 3.63) is 70.8 Å². The predicted octanol–water partition coefficient (Wildman–Crippen LogP) is 2.58. The standard InChI is InChI=1S/C22H26N2O4/c1-16-4-3-5-19(14-16)20(24-10-12-28-13-11-24)15-23-21(25)17-6-8-18(9-7-17)22(26)27-2/h3-9,14,20H,10-13,15H2,1-2H3,(H,23,25). The molecular weight excluding hydrogens is 356 g/mol. The Balaban J connectivity index is 1.70. The third-order valence-electron chi connectivity index (χ3n) is 4.94. The number of nitrogens with one attached hydrogen (secondary N) is 1. The number of esters is 1. The Morgan fingerprint density at radius 1 is 1.11 bits per heavy atom. The Labute approximate surface area is 165 Å². The highest BCUT2D eigenvalue weighted by Gasteiger charge is 2.23. The molecule has 3 rings (SSSR count). The van der Waals surface area contributed by atoms with Gasteiger partial charge in [0.25, 0.3) is 5.91 Å². The maximum absolute atomic E-state index is 12.6. The molecule has 1 fully saturated rings. The molecule has 1 unspecified atom stereocenters. The van der Waals surface area contributed by atoms with E-state index < -0.39 is 5.97 Å². The SMILES string of the molecule is COC(=O)c1ccc(C(=O)NCC(c2cccc(C)c2)N2CCOCC2)cc1. The van der Waals surface area contributed by atoms with Crippen molar-refractivity contribution < 1.29 is 19.1 Å². The van der Waals surface area contributed by atoms with Gasteiger partial charge in [0.2, 0.25) is 0 Å². The zero-order valence-electron chi connectivity index (χ0n) is 16.3. The fraction of sp³-hybridized carbons (Fsp3) is 0.364. The van der Waals surface area contributed by atoms with Gasteiger partial charge in [0.15, 0.2) is 0 Å². The van der Waals surface area contributed by atoms with Crippen LogP contribution in [0.4, 0.5) is 0 Å². The molecular formula is C22H26N2O4. The topological polar surface area (TPSA) is 67.9 Å². The Morgan fingerprint density at radius 3 is 2.43 bits per heavy atom. The summed E-state index contributed by atoms with van der Waals surface area (Å²) in [6, 6.07) is 14.9. The van der Waals surface area contributed by atoms with E-state index in [4.69, 9.17) is 4.74 Å². The van der Waals surface area contributed by atoms with Crippen molar-refractivity contribution in [1.29, 1.82) is 0 Å². The quantitative estimate of drug-likeness (QED) is 0.778. The van der Waals surface area contributed by atoms with Gasteiger partial charge in [-0.1, -0.05) is 29.8 Å². The molecule has 0 aliphatic carbocycles. The molecule has 0 spiro atoms. The van der Waals surface area contributed by atoms with Gasteiger partial charge in [-0.25, -0.2) is 4.79 Å². The first-order chi connectivity index (χ1) is 13.6. The lowest BCUT2D eigenvalue weighted by atomic mass is 10.0. The zero-order valence-corrected chi connectivity index (χ0v) is 16.3. The molecule has 1 aliphatic heterocycles. The van der Waals surface area contributed by atoms with Gasteiger partial charge in [0.05, 0.1) is 31.9 Å². The first-order valence-corrected chi connectivity index (χ1v) is 9.43. The van der Waals surface area contributed by atoms with E-state index in [0.29, 0.717) is 30.9 Å². The van der Waals surface area contributed by atoms with E-state index in [1.54, 1.807) is 24.3 Å². The van der Waals surface area contributed by atoms with Crippen LogP contribution in [0.3, 0.4) is 0 Å². The number of amides is 1. The highest BCUT2D eigenvalue weighted by molar-refractivity contribution is 5.96. The van der Waals surface area contributed by atoms with Crippen LogP contribution in [0.2, 0.25) is 0 Å². The van der Waals surface area contributed by atoms with Crippen LogP contribution in [0.5, 0.6) is 0 Å². The van der Waals surface area contributed by atoms with Gasteiger partial charge in [-0.15, -0.1) is 0 Å². The average molecular weight is 382 g/mol. The number of ether oxygens (including phenoxy) is 2. The van der Waals surface area contributed by atoms with Crippen LogP contribution < -0.4 is 5.32 Å². The summed E-state index contributed by atoms with van der Waals surface area (Å²) in [6.45, 7) is 5.64. The van der Waals surface area contributed by atoms with Crippen LogP contribution in [-0.2, 0) is 9.47 Å². The second kappa shape index (κ2) is 9.48. The number of hydrogen-bond donors (Lipinski definition) is 1. The summed E-state index contributed by atoms with van der Waals surface area (Å²) in [5, 5.41) is 3.04. The van der Waals surface area contributed by atoms with Crippen LogP contribution >= 0.6 is 0 Å². The number of methoxy groups -OCH3 is 1. The van der Waals surface area contributed by atoms with E-state index in [-0.39, 0.29) is 11.9 Å².